The van der Waals surface area contributed by atoms with E-state index in [4.69, 9.17) is 0 Å². The summed E-state index contributed by atoms with van der Waals surface area (Å²) in [6, 6.07) is 9.64. The highest BCUT2D eigenvalue weighted by Crippen LogP contribution is 2.10. The predicted octanol–water partition coefficient (Wildman–Crippen LogP) is 2.75. The molecule has 5 heteroatoms. The van der Waals surface area contributed by atoms with Gasteiger partial charge < -0.3 is 5.32 Å². The quantitative estimate of drug-likeness (QED) is 0.915. The predicted molar refractivity (Wildman–Crippen MR) is 68.1 cm³/mol. The molecule has 0 aliphatic rings. The maximum absolute atomic E-state index is 11.5. The van der Waals surface area contributed by atoms with Crippen LogP contribution in [0.2, 0.25) is 0 Å². The fourth-order valence-electron chi connectivity index (χ4n) is 1.23. The van der Waals surface area contributed by atoms with E-state index in [2.05, 4.69) is 10.3 Å². The van der Waals surface area contributed by atoms with E-state index >= 15 is 0 Å². The molecule has 0 saturated heterocycles. The van der Waals surface area contributed by atoms with Crippen molar-refractivity contribution in [3.63, 3.8) is 0 Å². The minimum absolute atomic E-state index is 0. The number of benzene rings is 1. The minimum atomic E-state index is -0.0313. The van der Waals surface area contributed by atoms with E-state index in [1.54, 1.807) is 6.20 Å². The van der Waals surface area contributed by atoms with Gasteiger partial charge in [-0.3, -0.25) is 4.79 Å². The highest BCUT2D eigenvalue weighted by Gasteiger charge is 2.04. The summed E-state index contributed by atoms with van der Waals surface area (Å²) in [6.45, 7) is 0. The molecule has 0 spiro atoms. The Kier molecular flexibility index (Phi) is 4.95. The Morgan fingerprint density at radius 2 is 2.06 bits per heavy atom. The molecule has 0 unspecified atom stereocenters. The smallest absolute Gasteiger partial charge is 0.230 e. The molecule has 1 aromatic carbocycles. The van der Waals surface area contributed by atoms with Gasteiger partial charge in [-0.15, -0.1) is 23.7 Å². The molecule has 1 aromatic heterocycles. The zero-order chi connectivity index (χ0) is 10.5. The number of hydrogen-bond acceptors (Lipinski definition) is 3. The van der Waals surface area contributed by atoms with Gasteiger partial charge in [0.05, 0.1) is 6.42 Å². The monoisotopic (exact) mass is 254 g/mol. The maximum Gasteiger partial charge on any atom is 0.230 e. The van der Waals surface area contributed by atoms with Crippen LogP contribution in [0, 0.1) is 0 Å². The summed E-state index contributed by atoms with van der Waals surface area (Å²) >= 11 is 1.42. The van der Waals surface area contributed by atoms with E-state index in [0.29, 0.717) is 11.6 Å². The average molecular weight is 255 g/mol. The van der Waals surface area contributed by atoms with E-state index < -0.39 is 0 Å². The van der Waals surface area contributed by atoms with Crippen molar-refractivity contribution in [2.24, 2.45) is 0 Å². The molecule has 1 amide bonds. The van der Waals surface area contributed by atoms with E-state index in [1.165, 1.54) is 11.3 Å². The molecule has 1 heterocycles. The fourth-order valence-corrected chi connectivity index (χ4v) is 1.77. The zero-order valence-corrected chi connectivity index (χ0v) is 10.1. The van der Waals surface area contributed by atoms with Crippen molar-refractivity contribution in [2.45, 2.75) is 6.42 Å². The molecule has 0 radical (unpaired) electrons. The molecule has 0 atom stereocenters. The highest BCUT2D eigenvalue weighted by molar-refractivity contribution is 7.13. The van der Waals surface area contributed by atoms with Gasteiger partial charge in [0.1, 0.15) is 0 Å². The van der Waals surface area contributed by atoms with Crippen molar-refractivity contribution in [3.8, 4) is 0 Å². The Balaban J connectivity index is 0.00000128. The summed E-state index contributed by atoms with van der Waals surface area (Å²) in [7, 11) is 0. The molecular formula is C11H11ClN2OS. The number of hydrogen-bond donors (Lipinski definition) is 1. The Morgan fingerprint density at radius 1 is 1.31 bits per heavy atom. The Hall–Kier alpha value is -1.39. The van der Waals surface area contributed by atoms with Crippen molar-refractivity contribution in [3.05, 3.63) is 47.5 Å². The molecule has 0 fully saturated rings. The molecule has 2 rings (SSSR count). The van der Waals surface area contributed by atoms with Crippen LogP contribution in [0.1, 0.15) is 5.56 Å². The summed E-state index contributed by atoms with van der Waals surface area (Å²) in [5.74, 6) is -0.0313. The van der Waals surface area contributed by atoms with Gasteiger partial charge >= 0.3 is 0 Å². The lowest BCUT2D eigenvalue weighted by atomic mass is 10.1. The first-order valence-corrected chi connectivity index (χ1v) is 5.46. The third-order valence-electron chi connectivity index (χ3n) is 1.89. The molecule has 16 heavy (non-hydrogen) atoms. The summed E-state index contributed by atoms with van der Waals surface area (Å²) in [4.78, 5) is 15.5. The molecule has 1 N–H and O–H groups in total. The van der Waals surface area contributed by atoms with Crippen LogP contribution < -0.4 is 5.32 Å². The van der Waals surface area contributed by atoms with Crippen LogP contribution in [0.3, 0.4) is 0 Å². The molecule has 0 bridgehead atoms. The van der Waals surface area contributed by atoms with Gasteiger partial charge in [0.2, 0.25) is 5.91 Å². The standard InChI is InChI=1S/C11H10N2OS.ClH/c14-10(13-11-12-6-7-15-11)8-9-4-2-1-3-5-9;/h1-7H,8H2,(H,12,13,14);1H. The minimum Gasteiger partial charge on any atom is -0.302 e. The van der Waals surface area contributed by atoms with Gasteiger partial charge in [-0.25, -0.2) is 4.98 Å². The average Bonchev–Trinajstić information content (AvgIpc) is 2.71. The first-order chi connectivity index (χ1) is 7.34. The molecular weight excluding hydrogens is 244 g/mol. The summed E-state index contributed by atoms with van der Waals surface area (Å²) < 4.78 is 0. The number of nitrogens with zero attached hydrogens (tertiary/aromatic N) is 1. The van der Waals surface area contributed by atoms with Crippen LogP contribution in [-0.4, -0.2) is 10.9 Å². The van der Waals surface area contributed by atoms with Gasteiger partial charge in [-0.2, -0.15) is 0 Å². The SMILES string of the molecule is Cl.O=C(Cc1ccccc1)Nc1nccs1. The fraction of sp³-hybridized carbons (Fsp3) is 0.0909. The number of carbonyl (C=O) groups is 1. The molecule has 0 aliphatic heterocycles. The van der Waals surface area contributed by atoms with Crippen molar-refractivity contribution in [1.82, 2.24) is 4.98 Å². The van der Waals surface area contributed by atoms with Crippen LogP contribution in [0.25, 0.3) is 0 Å². The van der Waals surface area contributed by atoms with E-state index in [9.17, 15) is 4.79 Å². The van der Waals surface area contributed by atoms with Crippen LogP contribution >= 0.6 is 23.7 Å². The van der Waals surface area contributed by atoms with Crippen molar-refractivity contribution < 1.29 is 4.79 Å². The van der Waals surface area contributed by atoms with E-state index in [1.807, 2.05) is 35.7 Å². The van der Waals surface area contributed by atoms with E-state index in [0.717, 1.165) is 5.56 Å². The number of carbonyl (C=O) groups excluding carboxylic acids is 1. The molecule has 0 saturated carbocycles. The van der Waals surface area contributed by atoms with Gasteiger partial charge in [0.15, 0.2) is 5.13 Å². The first kappa shape index (κ1) is 12.7. The highest BCUT2D eigenvalue weighted by atomic mass is 35.5. The third-order valence-corrected chi connectivity index (χ3v) is 2.57. The second-order valence-corrected chi connectivity index (χ2v) is 3.94. The second kappa shape index (κ2) is 6.25. The van der Waals surface area contributed by atoms with Gasteiger partial charge in [0, 0.05) is 11.6 Å². The molecule has 2 aromatic rings. The maximum atomic E-state index is 11.5. The Labute approximate surface area is 104 Å². The molecule has 84 valence electrons. The number of halogens is 1. The normalized spacial score (nSPS) is 9.25. The summed E-state index contributed by atoms with van der Waals surface area (Å²) in [5.41, 5.74) is 1.01. The van der Waals surface area contributed by atoms with Crippen molar-refractivity contribution in [1.29, 1.82) is 0 Å². The topological polar surface area (TPSA) is 42.0 Å². The lowest BCUT2D eigenvalue weighted by Crippen LogP contribution is -2.13. The van der Waals surface area contributed by atoms with Gasteiger partial charge in [-0.05, 0) is 5.56 Å². The lowest BCUT2D eigenvalue weighted by Gasteiger charge is -2.01. The van der Waals surface area contributed by atoms with Crippen LogP contribution in [0.5, 0.6) is 0 Å². The van der Waals surface area contributed by atoms with Gasteiger partial charge in [0.25, 0.3) is 0 Å². The largest absolute Gasteiger partial charge is 0.302 e. The van der Waals surface area contributed by atoms with Crippen LogP contribution in [0.15, 0.2) is 41.9 Å². The summed E-state index contributed by atoms with van der Waals surface area (Å²) in [5, 5.41) is 5.22. The van der Waals surface area contributed by atoms with E-state index in [-0.39, 0.29) is 18.3 Å². The number of anilines is 1. The number of thiazole rings is 1. The molecule has 0 aliphatic carbocycles. The Bertz CT molecular complexity index is 431. The van der Waals surface area contributed by atoms with Crippen molar-refractivity contribution in [2.75, 3.05) is 5.32 Å². The van der Waals surface area contributed by atoms with Gasteiger partial charge in [-0.1, -0.05) is 30.3 Å². The van der Waals surface area contributed by atoms with Crippen molar-refractivity contribution >= 4 is 34.8 Å². The molecule has 3 nitrogen and oxygen atoms in total. The van der Waals surface area contributed by atoms with Crippen LogP contribution in [-0.2, 0) is 11.2 Å². The number of amides is 1. The number of aromatic nitrogens is 1. The number of rotatable bonds is 3. The van der Waals surface area contributed by atoms with Crippen LogP contribution in [0.4, 0.5) is 5.13 Å². The zero-order valence-electron chi connectivity index (χ0n) is 8.42. The second-order valence-electron chi connectivity index (χ2n) is 3.05. The Morgan fingerprint density at radius 3 is 2.69 bits per heavy atom. The summed E-state index contributed by atoms with van der Waals surface area (Å²) in [6.07, 6.45) is 2.06. The number of nitrogens with one attached hydrogen (secondary N) is 1. The lowest BCUT2D eigenvalue weighted by molar-refractivity contribution is -0.115. The third kappa shape index (κ3) is 3.64. The first-order valence-electron chi connectivity index (χ1n) is 4.58.